The molecule has 17 heavy (non-hydrogen) atoms. The van der Waals surface area contributed by atoms with E-state index in [4.69, 9.17) is 4.74 Å². The van der Waals surface area contributed by atoms with Crippen LogP contribution in [-0.2, 0) is 9.84 Å². The Morgan fingerprint density at radius 1 is 1.41 bits per heavy atom. The van der Waals surface area contributed by atoms with Crippen LogP contribution in [0.15, 0.2) is 22.7 Å². The quantitative estimate of drug-likeness (QED) is 0.885. The molecule has 1 fully saturated rings. The van der Waals surface area contributed by atoms with Crippen molar-refractivity contribution in [2.24, 2.45) is 0 Å². The number of aliphatic hydroxyl groups excluding tert-OH is 1. The van der Waals surface area contributed by atoms with Gasteiger partial charge in [-0.2, -0.15) is 0 Å². The minimum atomic E-state index is -3.25. The fourth-order valence-corrected chi connectivity index (χ4v) is 3.75. The summed E-state index contributed by atoms with van der Waals surface area (Å²) >= 11 is 3.11. The molecule has 1 N–H and O–H groups in total. The highest BCUT2D eigenvalue weighted by molar-refractivity contribution is 9.10. The minimum Gasteiger partial charge on any atom is -0.485 e. The van der Waals surface area contributed by atoms with Crippen molar-refractivity contribution in [3.63, 3.8) is 0 Å². The molecule has 1 saturated heterocycles. The molecule has 7 heteroatoms. The minimum absolute atomic E-state index is 0.224. The van der Waals surface area contributed by atoms with Crippen LogP contribution in [0.5, 0.6) is 5.75 Å². The van der Waals surface area contributed by atoms with Crippen molar-refractivity contribution in [1.82, 2.24) is 0 Å². The zero-order valence-electron chi connectivity index (χ0n) is 8.64. The van der Waals surface area contributed by atoms with E-state index in [1.54, 1.807) is 0 Å². The van der Waals surface area contributed by atoms with Crippen LogP contribution in [0.2, 0.25) is 0 Å². The predicted molar refractivity (Wildman–Crippen MR) is 63.2 cm³/mol. The molecule has 0 radical (unpaired) electrons. The van der Waals surface area contributed by atoms with Gasteiger partial charge in [-0.25, -0.2) is 12.8 Å². The van der Waals surface area contributed by atoms with Crippen molar-refractivity contribution in [2.75, 3.05) is 11.5 Å². The van der Waals surface area contributed by atoms with Crippen molar-refractivity contribution in [1.29, 1.82) is 0 Å². The lowest BCUT2D eigenvalue weighted by Gasteiger charge is -2.16. The van der Waals surface area contributed by atoms with E-state index in [9.17, 15) is 17.9 Å². The van der Waals surface area contributed by atoms with Gasteiger partial charge in [0, 0.05) is 0 Å². The van der Waals surface area contributed by atoms with Gasteiger partial charge in [-0.05, 0) is 34.1 Å². The number of benzene rings is 1. The molecule has 0 aromatic heterocycles. The molecule has 4 nitrogen and oxygen atoms in total. The highest BCUT2D eigenvalue weighted by Crippen LogP contribution is 2.28. The molecule has 0 bridgehead atoms. The average molecular weight is 325 g/mol. The fourth-order valence-electron chi connectivity index (χ4n) is 1.64. The van der Waals surface area contributed by atoms with Gasteiger partial charge in [-0.3, -0.25) is 0 Å². The smallest absolute Gasteiger partial charge is 0.156 e. The lowest BCUT2D eigenvalue weighted by Crippen LogP contribution is -2.29. The lowest BCUT2D eigenvalue weighted by molar-refractivity contribution is 0.0732. The number of aliphatic hydroxyl groups is 1. The van der Waals surface area contributed by atoms with Crippen molar-refractivity contribution in [3.05, 3.63) is 28.5 Å². The van der Waals surface area contributed by atoms with Gasteiger partial charge < -0.3 is 9.84 Å². The van der Waals surface area contributed by atoms with E-state index in [0.717, 1.165) is 0 Å². The molecule has 94 valence electrons. The van der Waals surface area contributed by atoms with Crippen LogP contribution in [0, 0.1) is 5.82 Å². The van der Waals surface area contributed by atoms with Gasteiger partial charge in [0.25, 0.3) is 0 Å². The summed E-state index contributed by atoms with van der Waals surface area (Å²) in [5.41, 5.74) is 0. The Balaban J connectivity index is 2.17. The average Bonchev–Trinajstić information content (AvgIpc) is 2.44. The van der Waals surface area contributed by atoms with Crippen LogP contribution in [0.3, 0.4) is 0 Å². The third-order valence-electron chi connectivity index (χ3n) is 2.44. The first kappa shape index (κ1) is 12.8. The maximum atomic E-state index is 12.8. The van der Waals surface area contributed by atoms with E-state index in [2.05, 4.69) is 15.9 Å². The Kier molecular flexibility index (Phi) is 3.42. The standard InChI is InChI=1S/C10H10BrFO4S/c11-7-3-6(12)1-2-9(7)16-10-5-17(14,15)4-8(10)13/h1-3,8,10,13H,4-5H2. The van der Waals surface area contributed by atoms with Gasteiger partial charge in [-0.15, -0.1) is 0 Å². The first-order valence-electron chi connectivity index (χ1n) is 4.87. The summed E-state index contributed by atoms with van der Waals surface area (Å²) in [7, 11) is -3.25. The zero-order chi connectivity index (χ0) is 12.6. The molecule has 0 amide bonds. The molecular formula is C10H10BrFO4S. The second-order valence-corrected chi connectivity index (χ2v) is 6.88. The molecule has 1 aliphatic rings. The predicted octanol–water partition coefficient (Wildman–Crippen LogP) is 1.12. The molecule has 0 saturated carbocycles. The molecule has 0 aliphatic carbocycles. The van der Waals surface area contributed by atoms with Crippen molar-refractivity contribution < 1.29 is 22.7 Å². The Morgan fingerprint density at radius 3 is 2.65 bits per heavy atom. The lowest BCUT2D eigenvalue weighted by atomic mass is 10.2. The number of hydrogen-bond acceptors (Lipinski definition) is 4. The van der Waals surface area contributed by atoms with Crippen molar-refractivity contribution in [2.45, 2.75) is 12.2 Å². The maximum Gasteiger partial charge on any atom is 0.156 e. The van der Waals surface area contributed by atoms with E-state index >= 15 is 0 Å². The highest BCUT2D eigenvalue weighted by atomic mass is 79.9. The van der Waals surface area contributed by atoms with Crippen molar-refractivity contribution in [3.8, 4) is 5.75 Å². The summed E-state index contributed by atoms with van der Waals surface area (Å²) < 4.78 is 41.1. The fraction of sp³-hybridized carbons (Fsp3) is 0.400. The monoisotopic (exact) mass is 324 g/mol. The topological polar surface area (TPSA) is 63.6 Å². The molecule has 1 aromatic carbocycles. The van der Waals surface area contributed by atoms with Gasteiger partial charge >= 0.3 is 0 Å². The van der Waals surface area contributed by atoms with Gasteiger partial charge in [0.1, 0.15) is 23.8 Å². The number of halogens is 2. The second kappa shape index (κ2) is 4.55. The van der Waals surface area contributed by atoms with Crippen LogP contribution in [0.1, 0.15) is 0 Å². The molecule has 2 unspecified atom stereocenters. The maximum absolute atomic E-state index is 12.8. The summed E-state index contributed by atoms with van der Waals surface area (Å²) in [4.78, 5) is 0. The van der Waals surface area contributed by atoms with Gasteiger partial charge in [-0.1, -0.05) is 0 Å². The number of ether oxygens (including phenoxy) is 1. The van der Waals surface area contributed by atoms with Gasteiger partial charge in [0.2, 0.25) is 0 Å². The molecule has 1 heterocycles. The first-order chi connectivity index (χ1) is 7.87. The van der Waals surface area contributed by atoms with Crippen LogP contribution in [0.25, 0.3) is 0 Å². The molecular weight excluding hydrogens is 315 g/mol. The largest absolute Gasteiger partial charge is 0.485 e. The first-order valence-corrected chi connectivity index (χ1v) is 7.49. The second-order valence-electron chi connectivity index (χ2n) is 3.88. The van der Waals surface area contributed by atoms with E-state index in [1.807, 2.05) is 0 Å². The van der Waals surface area contributed by atoms with Gasteiger partial charge in [0.05, 0.1) is 16.0 Å². The highest BCUT2D eigenvalue weighted by Gasteiger charge is 2.38. The molecule has 1 aromatic rings. The normalized spacial score (nSPS) is 27.0. The summed E-state index contributed by atoms with van der Waals surface area (Å²) in [5, 5.41) is 9.54. The Hall–Kier alpha value is -0.660. The number of sulfone groups is 1. The summed E-state index contributed by atoms with van der Waals surface area (Å²) in [5.74, 6) is -0.634. The molecule has 2 atom stereocenters. The number of rotatable bonds is 2. The third kappa shape index (κ3) is 2.97. The Morgan fingerprint density at radius 2 is 2.12 bits per heavy atom. The Labute approximate surface area is 106 Å². The summed E-state index contributed by atoms with van der Waals surface area (Å²) in [6.07, 6.45) is -1.85. The van der Waals surface area contributed by atoms with Crippen LogP contribution in [-0.4, -0.2) is 37.2 Å². The summed E-state index contributed by atoms with van der Waals surface area (Å²) in [6.45, 7) is 0. The van der Waals surface area contributed by atoms with Crippen LogP contribution >= 0.6 is 15.9 Å². The van der Waals surface area contributed by atoms with Gasteiger partial charge in [0.15, 0.2) is 9.84 Å². The van der Waals surface area contributed by atoms with E-state index in [-0.39, 0.29) is 11.5 Å². The van der Waals surface area contributed by atoms with Crippen LogP contribution in [0.4, 0.5) is 4.39 Å². The zero-order valence-corrected chi connectivity index (χ0v) is 11.0. The third-order valence-corrected chi connectivity index (χ3v) is 4.75. The van der Waals surface area contributed by atoms with E-state index in [1.165, 1.54) is 18.2 Å². The van der Waals surface area contributed by atoms with E-state index < -0.39 is 27.9 Å². The van der Waals surface area contributed by atoms with Crippen molar-refractivity contribution >= 4 is 25.8 Å². The van der Waals surface area contributed by atoms with Crippen LogP contribution < -0.4 is 4.74 Å². The molecule has 0 spiro atoms. The van der Waals surface area contributed by atoms with E-state index in [0.29, 0.717) is 10.2 Å². The SMILES string of the molecule is O=S1(=O)CC(O)C(Oc2ccc(F)cc2Br)C1. The molecule has 2 rings (SSSR count). The number of hydrogen-bond donors (Lipinski definition) is 1. The Bertz CT molecular complexity index is 531. The molecule has 1 aliphatic heterocycles. The summed E-state index contributed by atoms with van der Waals surface area (Å²) in [6, 6.07) is 3.80.